The van der Waals surface area contributed by atoms with Crippen molar-refractivity contribution in [3.8, 4) is 0 Å². The Labute approximate surface area is 97.1 Å². The molecule has 0 radical (unpaired) electrons. The molecule has 0 spiro atoms. The fourth-order valence-corrected chi connectivity index (χ4v) is 4.41. The Balaban J connectivity index is 2.66. The van der Waals surface area contributed by atoms with E-state index in [1.165, 1.54) is 5.56 Å². The zero-order valence-corrected chi connectivity index (χ0v) is 11.0. The molecule has 0 aliphatic heterocycles. The molecule has 84 valence electrons. The quantitative estimate of drug-likeness (QED) is 0.566. The van der Waals surface area contributed by atoms with Crippen LogP contribution in [0, 0.1) is 0 Å². The molecule has 1 aromatic rings. The van der Waals surface area contributed by atoms with Crippen LogP contribution >= 0.6 is 11.1 Å². The van der Waals surface area contributed by atoms with Crippen molar-refractivity contribution in [2.45, 2.75) is 19.9 Å². The highest BCUT2D eigenvalue weighted by molar-refractivity contribution is 7.12. The van der Waals surface area contributed by atoms with Gasteiger partial charge >= 0.3 is 7.87 Å². The summed E-state index contributed by atoms with van der Waals surface area (Å²) in [5, 5.41) is 0. The van der Waals surface area contributed by atoms with Crippen molar-refractivity contribution in [3.05, 3.63) is 35.9 Å². The summed E-state index contributed by atoms with van der Waals surface area (Å²) in [5.74, 6) is 0. The molecule has 15 heavy (non-hydrogen) atoms. The van der Waals surface area contributed by atoms with E-state index < -0.39 is 7.87 Å². The fraction of sp³-hybridized carbons (Fsp3) is 0.455. The van der Waals surface area contributed by atoms with Gasteiger partial charge < -0.3 is 8.85 Å². The first kappa shape index (κ1) is 12.7. The minimum Gasteiger partial charge on any atom is -0.383 e. The first-order chi connectivity index (χ1) is 7.20. The normalized spacial score (nSPS) is 11.7. The molecule has 0 amide bonds. The summed E-state index contributed by atoms with van der Waals surface area (Å²) in [6.07, 6.45) is 0. The van der Waals surface area contributed by atoms with E-state index in [0.29, 0.717) is 19.3 Å². The van der Waals surface area contributed by atoms with Crippen molar-refractivity contribution >= 4 is 18.9 Å². The molecule has 2 nitrogen and oxygen atoms in total. The average molecular weight is 245 g/mol. The molecular weight excluding hydrogens is 228 g/mol. The van der Waals surface area contributed by atoms with E-state index in [0.717, 1.165) is 0 Å². The van der Waals surface area contributed by atoms with Gasteiger partial charge in [-0.1, -0.05) is 41.4 Å². The zero-order chi connectivity index (χ0) is 11.1. The van der Waals surface area contributed by atoms with Crippen LogP contribution in [-0.2, 0) is 14.9 Å². The third-order valence-electron chi connectivity index (χ3n) is 1.98. The molecule has 1 rings (SSSR count). The average Bonchev–Trinajstić information content (AvgIpc) is 2.19. The molecule has 0 atom stereocenters. The van der Waals surface area contributed by atoms with Crippen LogP contribution in [0.15, 0.2) is 30.3 Å². The van der Waals surface area contributed by atoms with E-state index in [1.54, 1.807) is 0 Å². The van der Waals surface area contributed by atoms with Gasteiger partial charge in [-0.25, -0.2) is 0 Å². The van der Waals surface area contributed by atoms with Crippen molar-refractivity contribution in [3.63, 3.8) is 0 Å². The van der Waals surface area contributed by atoms with Crippen molar-refractivity contribution in [1.82, 2.24) is 0 Å². The molecule has 0 aromatic heterocycles. The van der Waals surface area contributed by atoms with Gasteiger partial charge in [-0.15, -0.1) is 0 Å². The first-order valence-corrected chi connectivity index (χ1v) is 8.24. The van der Waals surface area contributed by atoms with Crippen LogP contribution in [0.1, 0.15) is 19.4 Å². The molecular formula is C11H17ClO2Si. The van der Waals surface area contributed by atoms with Gasteiger partial charge in [0.1, 0.15) is 0 Å². The van der Waals surface area contributed by atoms with Crippen LogP contribution in [0.25, 0.3) is 0 Å². The molecule has 0 aliphatic rings. The predicted molar refractivity (Wildman–Crippen MR) is 65.0 cm³/mol. The SMILES string of the molecule is CCO[Si](Cl)(Cc1ccccc1)OCC. The lowest BCUT2D eigenvalue weighted by molar-refractivity contribution is 0.202. The molecule has 1 aromatic carbocycles. The Kier molecular flexibility index (Phi) is 5.32. The Morgan fingerprint density at radius 1 is 1.07 bits per heavy atom. The minimum absolute atomic E-state index is 0.600. The van der Waals surface area contributed by atoms with Gasteiger partial charge in [0.15, 0.2) is 0 Å². The Morgan fingerprint density at radius 3 is 2.07 bits per heavy atom. The van der Waals surface area contributed by atoms with Gasteiger partial charge in [-0.2, -0.15) is 0 Å². The second-order valence-electron chi connectivity index (χ2n) is 3.19. The molecule has 0 bridgehead atoms. The lowest BCUT2D eigenvalue weighted by Gasteiger charge is -2.22. The fourth-order valence-electron chi connectivity index (χ4n) is 1.41. The molecule has 0 heterocycles. The number of hydrogen-bond donors (Lipinski definition) is 0. The third-order valence-corrected chi connectivity index (χ3v) is 5.30. The molecule has 0 saturated carbocycles. The second kappa shape index (κ2) is 6.28. The van der Waals surface area contributed by atoms with E-state index in [1.807, 2.05) is 44.2 Å². The largest absolute Gasteiger partial charge is 0.447 e. The highest BCUT2D eigenvalue weighted by Gasteiger charge is 2.35. The molecule has 0 saturated heterocycles. The monoisotopic (exact) mass is 244 g/mol. The summed E-state index contributed by atoms with van der Waals surface area (Å²) in [7, 11) is -2.52. The van der Waals surface area contributed by atoms with Crippen LogP contribution in [0.3, 0.4) is 0 Å². The van der Waals surface area contributed by atoms with Crippen LogP contribution in [0.2, 0.25) is 0 Å². The van der Waals surface area contributed by atoms with Crippen molar-refractivity contribution in [2.75, 3.05) is 13.2 Å². The summed E-state index contributed by atoms with van der Waals surface area (Å²) in [6, 6.07) is 10.8. The highest BCUT2D eigenvalue weighted by Crippen LogP contribution is 2.19. The maximum absolute atomic E-state index is 6.37. The minimum atomic E-state index is -2.52. The van der Waals surface area contributed by atoms with Gasteiger partial charge in [0.2, 0.25) is 0 Å². The summed E-state index contributed by atoms with van der Waals surface area (Å²) >= 11 is 6.37. The van der Waals surface area contributed by atoms with Gasteiger partial charge in [-0.05, 0) is 19.4 Å². The summed E-state index contributed by atoms with van der Waals surface area (Å²) in [5.41, 5.74) is 1.17. The molecule has 4 heteroatoms. The Hall–Kier alpha value is -0.353. The van der Waals surface area contributed by atoms with Gasteiger partial charge in [-0.3, -0.25) is 0 Å². The topological polar surface area (TPSA) is 18.5 Å². The third kappa shape index (κ3) is 4.34. The second-order valence-corrected chi connectivity index (χ2v) is 7.17. The van der Waals surface area contributed by atoms with Crippen molar-refractivity contribution in [2.24, 2.45) is 0 Å². The Morgan fingerprint density at radius 2 is 1.60 bits per heavy atom. The molecule has 0 N–H and O–H groups in total. The number of benzene rings is 1. The summed E-state index contributed by atoms with van der Waals surface area (Å²) < 4.78 is 11.1. The van der Waals surface area contributed by atoms with Gasteiger partial charge in [0, 0.05) is 19.3 Å². The highest BCUT2D eigenvalue weighted by atomic mass is 35.6. The smallest absolute Gasteiger partial charge is 0.383 e. The van der Waals surface area contributed by atoms with E-state index in [9.17, 15) is 0 Å². The molecule has 0 unspecified atom stereocenters. The maximum atomic E-state index is 6.37. The Bertz CT molecular complexity index is 273. The first-order valence-electron chi connectivity index (χ1n) is 5.21. The van der Waals surface area contributed by atoms with Gasteiger partial charge in [0.25, 0.3) is 0 Å². The lowest BCUT2D eigenvalue weighted by Crippen LogP contribution is -2.39. The van der Waals surface area contributed by atoms with Crippen LogP contribution in [0.4, 0.5) is 0 Å². The molecule has 0 aliphatic carbocycles. The molecule has 0 fully saturated rings. The summed E-state index contributed by atoms with van der Waals surface area (Å²) in [6.45, 7) is 5.08. The van der Waals surface area contributed by atoms with E-state index >= 15 is 0 Å². The number of hydrogen-bond acceptors (Lipinski definition) is 2. The summed E-state index contributed by atoms with van der Waals surface area (Å²) in [4.78, 5) is 0. The van der Waals surface area contributed by atoms with Gasteiger partial charge in [0.05, 0.1) is 0 Å². The van der Waals surface area contributed by atoms with E-state index in [2.05, 4.69) is 0 Å². The maximum Gasteiger partial charge on any atom is 0.447 e. The van der Waals surface area contributed by atoms with E-state index in [-0.39, 0.29) is 0 Å². The van der Waals surface area contributed by atoms with Crippen LogP contribution in [0.5, 0.6) is 0 Å². The predicted octanol–water partition coefficient (Wildman–Crippen LogP) is 3.02. The van der Waals surface area contributed by atoms with Crippen molar-refractivity contribution in [1.29, 1.82) is 0 Å². The number of rotatable bonds is 6. The number of halogens is 1. The standard InChI is InChI=1S/C11H17ClO2Si/c1-3-13-15(12,14-4-2)10-11-8-6-5-7-9-11/h5-9H,3-4,10H2,1-2H3. The van der Waals surface area contributed by atoms with Crippen molar-refractivity contribution < 1.29 is 8.85 Å². The lowest BCUT2D eigenvalue weighted by atomic mass is 10.2. The van der Waals surface area contributed by atoms with E-state index in [4.69, 9.17) is 19.9 Å². The van der Waals surface area contributed by atoms with Crippen LogP contribution < -0.4 is 0 Å². The van der Waals surface area contributed by atoms with Crippen LogP contribution in [-0.4, -0.2) is 21.1 Å². The zero-order valence-electron chi connectivity index (χ0n) is 9.20.